The molecule has 0 saturated heterocycles. The summed E-state index contributed by atoms with van der Waals surface area (Å²) in [6, 6.07) is 36.6. The first-order valence-corrected chi connectivity index (χ1v) is 16.9. The first kappa shape index (κ1) is 36.5. The van der Waals surface area contributed by atoms with Gasteiger partial charge in [-0.05, 0) is 88.0 Å². The number of alkyl carbamates (subject to hydrolysis) is 1. The molecule has 0 heterocycles. The highest BCUT2D eigenvalue weighted by Crippen LogP contribution is 2.29. The van der Waals surface area contributed by atoms with Crippen LogP contribution >= 0.6 is 0 Å². The van der Waals surface area contributed by atoms with Gasteiger partial charge in [0, 0.05) is 13.1 Å². The number of carbonyl (C=O) groups is 3. The summed E-state index contributed by atoms with van der Waals surface area (Å²) < 4.78 is 38.1. The van der Waals surface area contributed by atoms with E-state index in [1.54, 1.807) is 24.3 Å². The zero-order chi connectivity index (χ0) is 35.8. The third-order valence-corrected chi connectivity index (χ3v) is 8.27. The van der Waals surface area contributed by atoms with Crippen molar-refractivity contribution in [2.45, 2.75) is 38.9 Å². The van der Waals surface area contributed by atoms with Crippen LogP contribution < -0.4 is 10.6 Å². The van der Waals surface area contributed by atoms with Crippen LogP contribution in [0.3, 0.4) is 0 Å². The Morgan fingerprint density at radius 1 is 0.588 bits per heavy atom. The van der Waals surface area contributed by atoms with E-state index < -0.39 is 6.09 Å². The summed E-state index contributed by atoms with van der Waals surface area (Å²) in [7, 11) is 0. The normalized spacial score (nSPS) is 11.3. The maximum atomic E-state index is 13.7. The second kappa shape index (κ2) is 18.8. The Morgan fingerprint density at radius 2 is 1.12 bits per heavy atom. The Morgan fingerprint density at radius 3 is 1.67 bits per heavy atom. The van der Waals surface area contributed by atoms with Crippen LogP contribution in [0, 0.1) is 17.6 Å². The highest BCUT2D eigenvalue weighted by Gasteiger charge is 2.18. The summed E-state index contributed by atoms with van der Waals surface area (Å²) in [5, 5.41) is 5.72. The van der Waals surface area contributed by atoms with Crippen LogP contribution in [-0.2, 0) is 38.7 Å². The van der Waals surface area contributed by atoms with Gasteiger partial charge in [0.05, 0.1) is 12.8 Å². The van der Waals surface area contributed by atoms with E-state index in [2.05, 4.69) is 10.6 Å². The van der Waals surface area contributed by atoms with E-state index in [0.717, 1.165) is 33.4 Å². The molecule has 9 heteroatoms. The van der Waals surface area contributed by atoms with Crippen LogP contribution in [0.15, 0.2) is 127 Å². The van der Waals surface area contributed by atoms with E-state index in [-0.39, 0.29) is 62.0 Å². The largest absolute Gasteiger partial charge is 0.461 e. The van der Waals surface area contributed by atoms with Crippen molar-refractivity contribution in [1.82, 2.24) is 10.6 Å². The molecule has 262 valence electrons. The Hall–Kier alpha value is -5.83. The van der Waals surface area contributed by atoms with Gasteiger partial charge in [0.15, 0.2) is 0 Å². The molecule has 5 aromatic rings. The summed E-state index contributed by atoms with van der Waals surface area (Å²) in [6.45, 7) is 0.862. The number of halogens is 2. The van der Waals surface area contributed by atoms with Gasteiger partial charge < -0.3 is 20.1 Å². The third-order valence-electron chi connectivity index (χ3n) is 8.27. The average Bonchev–Trinajstić information content (AvgIpc) is 3.15. The van der Waals surface area contributed by atoms with Gasteiger partial charge in [-0.15, -0.1) is 0 Å². The zero-order valence-electron chi connectivity index (χ0n) is 28.2. The second-order valence-corrected chi connectivity index (χ2v) is 12.3. The molecule has 51 heavy (non-hydrogen) atoms. The SMILES string of the molecule is O=C(Cc1cc(-c2ccc(F)cc2)cc(-c2ccc(F)cc2)c1)NC[C@H](CCCNC(=O)OCc1ccccc1)CC(=O)OCc1ccccc1. The number of carbonyl (C=O) groups excluding carboxylic acids is 3. The molecule has 0 aliphatic carbocycles. The first-order valence-electron chi connectivity index (χ1n) is 16.9. The molecule has 5 aromatic carbocycles. The number of rotatable bonds is 16. The highest BCUT2D eigenvalue weighted by molar-refractivity contribution is 5.81. The molecule has 0 aromatic heterocycles. The van der Waals surface area contributed by atoms with Gasteiger partial charge in [-0.3, -0.25) is 9.59 Å². The topological polar surface area (TPSA) is 93.7 Å². The molecule has 0 aliphatic heterocycles. The lowest BCUT2D eigenvalue weighted by Gasteiger charge is -2.18. The lowest BCUT2D eigenvalue weighted by atomic mass is 9.94. The monoisotopic (exact) mass is 690 g/mol. The lowest BCUT2D eigenvalue weighted by Crippen LogP contribution is -2.32. The number of ether oxygens (including phenoxy) is 2. The molecule has 0 saturated carbocycles. The molecule has 0 fully saturated rings. The Bertz CT molecular complexity index is 1800. The minimum Gasteiger partial charge on any atom is -0.461 e. The molecular weight excluding hydrogens is 650 g/mol. The van der Waals surface area contributed by atoms with E-state index in [0.29, 0.717) is 24.9 Å². The van der Waals surface area contributed by atoms with Gasteiger partial charge in [-0.1, -0.05) is 97.1 Å². The van der Waals surface area contributed by atoms with E-state index in [4.69, 9.17) is 9.47 Å². The number of hydrogen-bond acceptors (Lipinski definition) is 5. The standard InChI is InChI=1S/C42H40F2N2O5/c43-38-17-13-34(14-18-38)36-22-33(23-37(26-36)35-15-19-39(44)20-16-35)24-40(47)46-27-32(25-41(48)50-28-30-8-3-1-4-9-30)12-7-21-45-42(49)51-29-31-10-5-2-6-11-31/h1-6,8-11,13-20,22-23,26,32H,7,12,21,24-25,27-29H2,(H,45,49)(H,46,47)/t32-/m1/s1. The smallest absolute Gasteiger partial charge is 0.407 e. The van der Waals surface area contributed by atoms with E-state index in [1.807, 2.05) is 78.9 Å². The highest BCUT2D eigenvalue weighted by atomic mass is 19.1. The molecule has 7 nitrogen and oxygen atoms in total. The van der Waals surface area contributed by atoms with E-state index in [9.17, 15) is 23.2 Å². The van der Waals surface area contributed by atoms with Gasteiger partial charge in [-0.25, -0.2) is 13.6 Å². The minimum atomic E-state index is -0.533. The van der Waals surface area contributed by atoms with Gasteiger partial charge in [-0.2, -0.15) is 0 Å². The number of amides is 2. The maximum absolute atomic E-state index is 13.7. The van der Waals surface area contributed by atoms with Crippen LogP contribution in [0.5, 0.6) is 0 Å². The predicted octanol–water partition coefficient (Wildman–Crippen LogP) is 8.41. The molecule has 0 spiro atoms. The summed E-state index contributed by atoms with van der Waals surface area (Å²) in [6.07, 6.45) is 0.680. The second-order valence-electron chi connectivity index (χ2n) is 12.3. The van der Waals surface area contributed by atoms with Crippen molar-refractivity contribution in [3.05, 3.63) is 156 Å². The number of esters is 1. The molecular formula is C42H40F2N2O5. The van der Waals surface area contributed by atoms with Crippen LogP contribution in [0.2, 0.25) is 0 Å². The average molecular weight is 691 g/mol. The predicted molar refractivity (Wildman–Crippen MR) is 192 cm³/mol. The molecule has 0 bridgehead atoms. The van der Waals surface area contributed by atoms with Crippen molar-refractivity contribution in [2.24, 2.45) is 5.92 Å². The number of nitrogens with one attached hydrogen (secondary N) is 2. The summed E-state index contributed by atoms with van der Waals surface area (Å²) >= 11 is 0. The molecule has 2 N–H and O–H groups in total. The first-order chi connectivity index (χ1) is 24.8. The quantitative estimate of drug-likeness (QED) is 0.0801. The zero-order valence-corrected chi connectivity index (χ0v) is 28.2. The van der Waals surface area contributed by atoms with Gasteiger partial charge in [0.25, 0.3) is 0 Å². The Labute approximate surface area is 296 Å². The van der Waals surface area contributed by atoms with Crippen LogP contribution in [0.25, 0.3) is 22.3 Å². The van der Waals surface area contributed by atoms with Gasteiger partial charge in [0.2, 0.25) is 5.91 Å². The molecule has 2 amide bonds. The maximum Gasteiger partial charge on any atom is 0.407 e. The van der Waals surface area contributed by atoms with E-state index >= 15 is 0 Å². The van der Waals surface area contributed by atoms with Crippen molar-refractivity contribution < 1.29 is 32.6 Å². The summed E-state index contributed by atoms with van der Waals surface area (Å²) in [5.41, 5.74) is 5.58. The van der Waals surface area contributed by atoms with E-state index in [1.165, 1.54) is 24.3 Å². The lowest BCUT2D eigenvalue weighted by molar-refractivity contribution is -0.146. The summed E-state index contributed by atoms with van der Waals surface area (Å²) in [5.74, 6) is -1.60. The fourth-order valence-corrected chi connectivity index (χ4v) is 5.58. The number of hydrogen-bond donors (Lipinski definition) is 2. The number of benzene rings is 5. The van der Waals surface area contributed by atoms with Crippen molar-refractivity contribution >= 4 is 18.0 Å². The van der Waals surface area contributed by atoms with Crippen molar-refractivity contribution in [3.8, 4) is 22.3 Å². The van der Waals surface area contributed by atoms with Gasteiger partial charge >= 0.3 is 12.1 Å². The fourth-order valence-electron chi connectivity index (χ4n) is 5.58. The van der Waals surface area contributed by atoms with Crippen LogP contribution in [-0.4, -0.2) is 31.1 Å². The Kier molecular flexibility index (Phi) is 13.4. The third kappa shape index (κ3) is 12.2. The van der Waals surface area contributed by atoms with Crippen molar-refractivity contribution in [1.29, 1.82) is 0 Å². The van der Waals surface area contributed by atoms with Crippen LogP contribution in [0.1, 0.15) is 36.0 Å². The van der Waals surface area contributed by atoms with Crippen molar-refractivity contribution in [3.63, 3.8) is 0 Å². The summed E-state index contributed by atoms with van der Waals surface area (Å²) in [4.78, 5) is 38.4. The molecule has 0 unspecified atom stereocenters. The molecule has 1 atom stereocenters. The van der Waals surface area contributed by atoms with Crippen LogP contribution in [0.4, 0.5) is 13.6 Å². The van der Waals surface area contributed by atoms with Gasteiger partial charge in [0.1, 0.15) is 24.8 Å². The minimum absolute atomic E-state index is 0.0449. The van der Waals surface area contributed by atoms with Crippen molar-refractivity contribution in [2.75, 3.05) is 13.1 Å². The molecule has 0 radical (unpaired) electrons. The molecule has 0 aliphatic rings. The Balaban J connectivity index is 1.20. The fraction of sp³-hybridized carbons (Fsp3) is 0.214. The molecule has 5 rings (SSSR count).